The average Bonchev–Trinajstić information content (AvgIpc) is 2.85. The summed E-state index contributed by atoms with van der Waals surface area (Å²) in [4.78, 5) is 7.71. The van der Waals surface area contributed by atoms with E-state index < -0.39 is 0 Å². The molecule has 3 nitrogen and oxygen atoms in total. The number of hydrogen-bond donors (Lipinski definition) is 2. The number of hydrogen-bond acceptors (Lipinski definition) is 2. The molecule has 2 rings (SSSR count). The van der Waals surface area contributed by atoms with Crippen molar-refractivity contribution < 1.29 is 0 Å². The van der Waals surface area contributed by atoms with Crippen LogP contribution in [-0.2, 0) is 6.54 Å². The molecule has 2 aromatic rings. The molecule has 0 saturated heterocycles. The van der Waals surface area contributed by atoms with Crippen LogP contribution in [0.15, 0.2) is 30.5 Å². The number of rotatable bonds is 5. The predicted octanol–water partition coefficient (Wildman–Crippen LogP) is 3.31. The molecule has 3 heteroatoms. The normalized spacial score (nSPS) is 11.1. The Balaban J connectivity index is 2.13. The van der Waals surface area contributed by atoms with E-state index in [2.05, 4.69) is 60.3 Å². The maximum atomic E-state index is 4.37. The van der Waals surface area contributed by atoms with Crippen LogP contribution in [0.1, 0.15) is 38.1 Å². The Morgan fingerprint density at radius 1 is 1.22 bits per heavy atom. The molecule has 0 saturated carbocycles. The summed E-state index contributed by atoms with van der Waals surface area (Å²) in [6.45, 7) is 8.26. The lowest BCUT2D eigenvalue weighted by Gasteiger charge is -2.05. The molecule has 0 unspecified atom stereocenters. The Morgan fingerprint density at radius 3 is 2.56 bits per heavy atom. The van der Waals surface area contributed by atoms with Crippen LogP contribution in [-0.4, -0.2) is 16.5 Å². The van der Waals surface area contributed by atoms with E-state index in [1.165, 1.54) is 11.1 Å². The van der Waals surface area contributed by atoms with Crippen LogP contribution < -0.4 is 5.32 Å². The Labute approximate surface area is 109 Å². The fourth-order valence-corrected chi connectivity index (χ4v) is 1.89. The second-order valence-corrected chi connectivity index (χ2v) is 4.80. The number of nitrogens with zero attached hydrogens (tertiary/aromatic N) is 1. The van der Waals surface area contributed by atoms with Gasteiger partial charge in [0.05, 0.1) is 18.4 Å². The number of aromatic amines is 1. The molecule has 0 fully saturated rings. The van der Waals surface area contributed by atoms with E-state index >= 15 is 0 Å². The van der Waals surface area contributed by atoms with Gasteiger partial charge in [0.2, 0.25) is 0 Å². The molecule has 0 aliphatic rings. The lowest BCUT2D eigenvalue weighted by Crippen LogP contribution is -2.12. The highest BCUT2D eigenvalue weighted by Gasteiger charge is 2.04. The Kier molecular flexibility index (Phi) is 4.15. The van der Waals surface area contributed by atoms with E-state index in [0.717, 1.165) is 24.6 Å². The van der Waals surface area contributed by atoms with Gasteiger partial charge in [0.25, 0.3) is 0 Å². The van der Waals surface area contributed by atoms with Gasteiger partial charge in [-0.2, -0.15) is 0 Å². The fraction of sp³-hybridized carbons (Fsp3) is 0.400. The molecule has 0 aliphatic carbocycles. The standard InChI is InChI=1S/C15H21N3/c1-4-16-10-15-17-9-14(18-15)13-7-5-12(6-8-13)11(2)3/h5-9,11,16H,4,10H2,1-3H3,(H,17,18). The molecular formula is C15H21N3. The van der Waals surface area contributed by atoms with Gasteiger partial charge in [-0.15, -0.1) is 0 Å². The van der Waals surface area contributed by atoms with Crippen LogP contribution in [0.2, 0.25) is 0 Å². The Morgan fingerprint density at radius 2 is 1.94 bits per heavy atom. The van der Waals surface area contributed by atoms with E-state index in [0.29, 0.717) is 5.92 Å². The molecular weight excluding hydrogens is 222 g/mol. The Bertz CT molecular complexity index is 483. The lowest BCUT2D eigenvalue weighted by atomic mass is 10.0. The molecule has 0 spiro atoms. The first-order valence-electron chi connectivity index (χ1n) is 6.55. The van der Waals surface area contributed by atoms with Crippen molar-refractivity contribution in [3.63, 3.8) is 0 Å². The van der Waals surface area contributed by atoms with Crippen LogP contribution in [0.25, 0.3) is 11.3 Å². The van der Waals surface area contributed by atoms with Gasteiger partial charge in [-0.1, -0.05) is 45.0 Å². The molecule has 0 atom stereocenters. The minimum absolute atomic E-state index is 0.574. The smallest absolute Gasteiger partial charge is 0.120 e. The molecule has 96 valence electrons. The molecule has 0 aliphatic heterocycles. The summed E-state index contributed by atoms with van der Waals surface area (Å²) in [7, 11) is 0. The van der Waals surface area contributed by atoms with Crippen molar-refractivity contribution in [3.8, 4) is 11.3 Å². The summed E-state index contributed by atoms with van der Waals surface area (Å²) in [5.41, 5.74) is 3.64. The van der Waals surface area contributed by atoms with E-state index in [4.69, 9.17) is 0 Å². The molecule has 2 N–H and O–H groups in total. The van der Waals surface area contributed by atoms with Crippen LogP contribution in [0.3, 0.4) is 0 Å². The molecule has 1 heterocycles. The molecule has 1 aromatic heterocycles. The lowest BCUT2D eigenvalue weighted by molar-refractivity contribution is 0.698. The Hall–Kier alpha value is -1.61. The largest absolute Gasteiger partial charge is 0.341 e. The average molecular weight is 243 g/mol. The van der Waals surface area contributed by atoms with Crippen LogP contribution in [0.4, 0.5) is 0 Å². The monoisotopic (exact) mass is 243 g/mol. The van der Waals surface area contributed by atoms with E-state index in [1.54, 1.807) is 0 Å². The number of H-pyrrole nitrogens is 1. The maximum absolute atomic E-state index is 4.37. The minimum Gasteiger partial charge on any atom is -0.341 e. The van der Waals surface area contributed by atoms with Crippen molar-refractivity contribution in [1.82, 2.24) is 15.3 Å². The molecule has 0 bridgehead atoms. The van der Waals surface area contributed by atoms with Crippen LogP contribution in [0.5, 0.6) is 0 Å². The summed E-state index contributed by atoms with van der Waals surface area (Å²) < 4.78 is 0. The second kappa shape index (κ2) is 5.83. The third kappa shape index (κ3) is 2.99. The minimum atomic E-state index is 0.574. The van der Waals surface area contributed by atoms with Crippen molar-refractivity contribution in [2.75, 3.05) is 6.54 Å². The molecule has 0 radical (unpaired) electrons. The quantitative estimate of drug-likeness (QED) is 0.846. The van der Waals surface area contributed by atoms with Gasteiger partial charge in [0.15, 0.2) is 0 Å². The first kappa shape index (κ1) is 12.8. The van der Waals surface area contributed by atoms with Gasteiger partial charge in [0.1, 0.15) is 5.82 Å². The third-order valence-corrected chi connectivity index (χ3v) is 3.06. The van der Waals surface area contributed by atoms with Crippen molar-refractivity contribution >= 4 is 0 Å². The van der Waals surface area contributed by atoms with E-state index in [9.17, 15) is 0 Å². The van der Waals surface area contributed by atoms with Gasteiger partial charge in [-0.25, -0.2) is 4.98 Å². The van der Waals surface area contributed by atoms with Gasteiger partial charge >= 0.3 is 0 Å². The van der Waals surface area contributed by atoms with Crippen LogP contribution in [0, 0.1) is 0 Å². The van der Waals surface area contributed by atoms with E-state index in [-0.39, 0.29) is 0 Å². The zero-order valence-corrected chi connectivity index (χ0v) is 11.3. The predicted molar refractivity (Wildman–Crippen MR) is 75.5 cm³/mol. The molecule has 18 heavy (non-hydrogen) atoms. The number of benzene rings is 1. The summed E-state index contributed by atoms with van der Waals surface area (Å²) in [6, 6.07) is 8.68. The zero-order valence-electron chi connectivity index (χ0n) is 11.3. The highest BCUT2D eigenvalue weighted by atomic mass is 15.0. The SMILES string of the molecule is CCNCc1ncc(-c2ccc(C(C)C)cc2)[nH]1. The van der Waals surface area contributed by atoms with Gasteiger partial charge in [-0.05, 0) is 23.6 Å². The highest BCUT2D eigenvalue weighted by Crippen LogP contribution is 2.21. The number of aromatic nitrogens is 2. The zero-order chi connectivity index (χ0) is 13.0. The summed E-state index contributed by atoms with van der Waals surface area (Å²) in [5.74, 6) is 1.56. The summed E-state index contributed by atoms with van der Waals surface area (Å²) in [6.07, 6.45) is 1.90. The van der Waals surface area contributed by atoms with Crippen molar-refractivity contribution in [3.05, 3.63) is 41.9 Å². The second-order valence-electron chi connectivity index (χ2n) is 4.80. The van der Waals surface area contributed by atoms with Crippen LogP contribution >= 0.6 is 0 Å². The van der Waals surface area contributed by atoms with E-state index in [1.807, 2.05) is 6.20 Å². The summed E-state index contributed by atoms with van der Waals surface area (Å²) in [5, 5.41) is 3.26. The molecule has 0 amide bonds. The molecule has 1 aromatic carbocycles. The van der Waals surface area contributed by atoms with Gasteiger partial charge < -0.3 is 10.3 Å². The van der Waals surface area contributed by atoms with Crippen molar-refractivity contribution in [2.24, 2.45) is 0 Å². The fourth-order valence-electron chi connectivity index (χ4n) is 1.89. The van der Waals surface area contributed by atoms with Crippen molar-refractivity contribution in [2.45, 2.75) is 33.2 Å². The highest BCUT2D eigenvalue weighted by molar-refractivity contribution is 5.58. The third-order valence-electron chi connectivity index (χ3n) is 3.06. The van der Waals surface area contributed by atoms with Crippen molar-refractivity contribution in [1.29, 1.82) is 0 Å². The number of nitrogens with one attached hydrogen (secondary N) is 2. The van der Waals surface area contributed by atoms with Gasteiger partial charge in [0, 0.05) is 0 Å². The first-order valence-corrected chi connectivity index (χ1v) is 6.55. The topological polar surface area (TPSA) is 40.7 Å². The maximum Gasteiger partial charge on any atom is 0.120 e. The number of imidazole rings is 1. The summed E-state index contributed by atoms with van der Waals surface area (Å²) >= 11 is 0. The van der Waals surface area contributed by atoms with Gasteiger partial charge in [-0.3, -0.25) is 0 Å². The first-order chi connectivity index (χ1) is 8.70.